The smallest absolute Gasteiger partial charge is 0.161 e. The van der Waals surface area contributed by atoms with Crippen LogP contribution in [0.2, 0.25) is 0 Å². The van der Waals surface area contributed by atoms with Crippen LogP contribution < -0.4 is 9.47 Å². The minimum Gasteiger partial charge on any atom is -0.493 e. The summed E-state index contributed by atoms with van der Waals surface area (Å²) in [5.74, 6) is 1.54. The molecule has 0 N–H and O–H groups in total. The van der Waals surface area contributed by atoms with Crippen LogP contribution in [0.1, 0.15) is 18.9 Å². The highest BCUT2D eigenvalue weighted by atomic mass is 16.5. The molecule has 0 atom stereocenters. The highest BCUT2D eigenvalue weighted by Crippen LogP contribution is 2.28. The van der Waals surface area contributed by atoms with Crippen molar-refractivity contribution in [1.82, 2.24) is 0 Å². The molecule has 0 aliphatic carbocycles. The molecule has 1 rings (SSSR count). The molecule has 0 spiro atoms. The average molecular weight is 205 g/mol. The SMILES string of the molecule is [CH2]CCOc1ccc(/C=C\C)cc1OC. The predicted octanol–water partition coefficient (Wildman–Crippen LogP) is 3.33. The predicted molar refractivity (Wildman–Crippen MR) is 63.2 cm³/mol. The Morgan fingerprint density at radius 2 is 2.13 bits per heavy atom. The van der Waals surface area contributed by atoms with E-state index >= 15 is 0 Å². The highest BCUT2D eigenvalue weighted by Gasteiger charge is 2.03. The van der Waals surface area contributed by atoms with E-state index in [1.807, 2.05) is 37.3 Å². The Balaban J connectivity index is 2.88. The number of benzene rings is 1. The van der Waals surface area contributed by atoms with E-state index in [9.17, 15) is 0 Å². The van der Waals surface area contributed by atoms with Crippen LogP contribution in [-0.4, -0.2) is 13.7 Å². The maximum absolute atomic E-state index is 5.50. The molecular weight excluding hydrogens is 188 g/mol. The molecule has 0 amide bonds. The van der Waals surface area contributed by atoms with Gasteiger partial charge in [0.05, 0.1) is 13.7 Å². The molecule has 0 aliphatic rings. The Bertz CT molecular complexity index is 329. The topological polar surface area (TPSA) is 18.5 Å². The van der Waals surface area contributed by atoms with E-state index in [1.165, 1.54) is 0 Å². The van der Waals surface area contributed by atoms with Gasteiger partial charge in [-0.3, -0.25) is 0 Å². The molecule has 81 valence electrons. The summed E-state index contributed by atoms with van der Waals surface area (Å²) in [5, 5.41) is 0. The summed E-state index contributed by atoms with van der Waals surface area (Å²) in [7, 11) is 1.64. The van der Waals surface area contributed by atoms with E-state index < -0.39 is 0 Å². The van der Waals surface area contributed by atoms with Gasteiger partial charge in [-0.05, 0) is 38.0 Å². The lowest BCUT2D eigenvalue weighted by molar-refractivity contribution is 0.299. The van der Waals surface area contributed by atoms with Crippen molar-refractivity contribution in [1.29, 1.82) is 0 Å². The number of rotatable bonds is 5. The largest absolute Gasteiger partial charge is 0.493 e. The fraction of sp³-hybridized carbons (Fsp3) is 0.308. The van der Waals surface area contributed by atoms with Crippen molar-refractivity contribution in [3.05, 3.63) is 36.8 Å². The fourth-order valence-electron chi connectivity index (χ4n) is 1.28. The van der Waals surface area contributed by atoms with Crippen LogP contribution in [0.4, 0.5) is 0 Å². The lowest BCUT2D eigenvalue weighted by Gasteiger charge is -2.10. The van der Waals surface area contributed by atoms with Gasteiger partial charge in [-0.2, -0.15) is 0 Å². The molecule has 15 heavy (non-hydrogen) atoms. The fourth-order valence-corrected chi connectivity index (χ4v) is 1.28. The molecular formula is C13H17O2. The molecule has 0 saturated carbocycles. The van der Waals surface area contributed by atoms with Gasteiger partial charge in [0, 0.05) is 0 Å². The van der Waals surface area contributed by atoms with Crippen LogP contribution in [0.3, 0.4) is 0 Å². The first-order valence-electron chi connectivity index (χ1n) is 5.04. The molecule has 0 fully saturated rings. The van der Waals surface area contributed by atoms with Gasteiger partial charge in [-0.1, -0.05) is 18.2 Å². The van der Waals surface area contributed by atoms with Crippen molar-refractivity contribution < 1.29 is 9.47 Å². The third-order valence-electron chi connectivity index (χ3n) is 1.95. The molecule has 0 bridgehead atoms. The maximum atomic E-state index is 5.50. The van der Waals surface area contributed by atoms with E-state index in [2.05, 4.69) is 6.92 Å². The second kappa shape index (κ2) is 6.12. The van der Waals surface area contributed by atoms with Gasteiger partial charge in [0.15, 0.2) is 11.5 Å². The van der Waals surface area contributed by atoms with Crippen molar-refractivity contribution in [3.8, 4) is 11.5 Å². The van der Waals surface area contributed by atoms with Crippen LogP contribution >= 0.6 is 0 Å². The standard InChI is InChI=1S/C13H17O2/c1-4-6-11-7-8-12(15-9-5-2)13(10-11)14-3/h4,6-8,10H,2,5,9H2,1,3H3/b6-4-. The molecule has 2 nitrogen and oxygen atoms in total. The summed E-state index contributed by atoms with van der Waals surface area (Å²) >= 11 is 0. The van der Waals surface area contributed by atoms with Gasteiger partial charge >= 0.3 is 0 Å². The van der Waals surface area contributed by atoms with Crippen LogP contribution in [0.15, 0.2) is 24.3 Å². The Hall–Kier alpha value is -1.44. The maximum Gasteiger partial charge on any atom is 0.161 e. The minimum absolute atomic E-state index is 0.610. The normalized spacial score (nSPS) is 10.6. The van der Waals surface area contributed by atoms with Crippen LogP contribution in [-0.2, 0) is 0 Å². The van der Waals surface area contributed by atoms with E-state index in [1.54, 1.807) is 7.11 Å². The molecule has 0 aliphatic heterocycles. The van der Waals surface area contributed by atoms with Crippen molar-refractivity contribution in [2.75, 3.05) is 13.7 Å². The van der Waals surface area contributed by atoms with E-state index in [0.29, 0.717) is 6.61 Å². The summed E-state index contributed by atoms with van der Waals surface area (Å²) < 4.78 is 10.7. The monoisotopic (exact) mass is 205 g/mol. The van der Waals surface area contributed by atoms with Crippen molar-refractivity contribution in [3.63, 3.8) is 0 Å². The molecule has 0 aromatic heterocycles. The van der Waals surface area contributed by atoms with Gasteiger partial charge < -0.3 is 9.47 Å². The van der Waals surface area contributed by atoms with E-state index in [0.717, 1.165) is 23.5 Å². The Labute approximate surface area is 91.5 Å². The van der Waals surface area contributed by atoms with Gasteiger partial charge in [0.2, 0.25) is 0 Å². The first-order valence-corrected chi connectivity index (χ1v) is 5.04. The Kier molecular flexibility index (Phi) is 4.75. The zero-order chi connectivity index (χ0) is 11.1. The van der Waals surface area contributed by atoms with Crippen LogP contribution in [0.5, 0.6) is 11.5 Å². The third kappa shape index (κ3) is 3.31. The quantitative estimate of drug-likeness (QED) is 0.734. The third-order valence-corrected chi connectivity index (χ3v) is 1.95. The summed E-state index contributed by atoms with van der Waals surface area (Å²) in [6, 6.07) is 5.88. The van der Waals surface area contributed by atoms with E-state index in [4.69, 9.17) is 9.47 Å². The lowest BCUT2D eigenvalue weighted by Crippen LogP contribution is -1.97. The molecule has 1 aromatic rings. The Morgan fingerprint density at radius 1 is 1.33 bits per heavy atom. The van der Waals surface area contributed by atoms with Gasteiger partial charge in [0.1, 0.15) is 0 Å². The van der Waals surface area contributed by atoms with Gasteiger partial charge in [0.25, 0.3) is 0 Å². The number of methoxy groups -OCH3 is 1. The van der Waals surface area contributed by atoms with Gasteiger partial charge in [-0.15, -0.1) is 0 Å². The van der Waals surface area contributed by atoms with Crippen molar-refractivity contribution in [2.24, 2.45) is 0 Å². The summed E-state index contributed by atoms with van der Waals surface area (Å²) in [6.07, 6.45) is 4.76. The summed E-state index contributed by atoms with van der Waals surface area (Å²) in [5.41, 5.74) is 1.11. The summed E-state index contributed by atoms with van der Waals surface area (Å²) in [4.78, 5) is 0. The number of allylic oxidation sites excluding steroid dienone is 1. The first kappa shape index (κ1) is 11.6. The molecule has 0 saturated heterocycles. The van der Waals surface area contributed by atoms with Crippen molar-refractivity contribution in [2.45, 2.75) is 13.3 Å². The van der Waals surface area contributed by atoms with Crippen LogP contribution in [0.25, 0.3) is 6.08 Å². The zero-order valence-corrected chi connectivity index (χ0v) is 9.32. The van der Waals surface area contributed by atoms with Gasteiger partial charge in [-0.25, -0.2) is 0 Å². The van der Waals surface area contributed by atoms with Crippen LogP contribution in [0, 0.1) is 6.92 Å². The second-order valence-corrected chi connectivity index (χ2v) is 3.11. The number of ether oxygens (including phenoxy) is 2. The molecule has 0 heterocycles. The first-order chi connectivity index (χ1) is 7.31. The lowest BCUT2D eigenvalue weighted by atomic mass is 10.2. The zero-order valence-electron chi connectivity index (χ0n) is 9.32. The number of hydrogen-bond donors (Lipinski definition) is 0. The molecule has 2 heteroatoms. The minimum atomic E-state index is 0.610. The Morgan fingerprint density at radius 3 is 2.73 bits per heavy atom. The summed E-state index contributed by atoms with van der Waals surface area (Å²) in [6.45, 7) is 6.32. The molecule has 1 aromatic carbocycles. The molecule has 0 unspecified atom stereocenters. The highest BCUT2D eigenvalue weighted by molar-refractivity contribution is 5.55. The molecule has 1 radical (unpaired) electrons. The average Bonchev–Trinajstić information content (AvgIpc) is 2.27. The second-order valence-electron chi connectivity index (χ2n) is 3.11. The van der Waals surface area contributed by atoms with Crippen molar-refractivity contribution >= 4 is 6.08 Å². The number of hydrogen-bond acceptors (Lipinski definition) is 2. The van der Waals surface area contributed by atoms with E-state index in [-0.39, 0.29) is 0 Å².